The third-order valence-corrected chi connectivity index (χ3v) is 5.32. The fourth-order valence-electron chi connectivity index (χ4n) is 3.13. The zero-order valence-electron chi connectivity index (χ0n) is 12.5. The van der Waals surface area contributed by atoms with Crippen molar-refractivity contribution in [3.8, 4) is 0 Å². The van der Waals surface area contributed by atoms with Gasteiger partial charge in [0.25, 0.3) is 0 Å². The second-order valence-corrected chi connectivity index (χ2v) is 7.18. The van der Waals surface area contributed by atoms with E-state index in [2.05, 4.69) is 35.1 Å². The molecule has 20 heavy (non-hydrogen) atoms. The Labute approximate surface area is 130 Å². The lowest BCUT2D eigenvalue weighted by molar-refractivity contribution is 0.337. The number of hydrogen-bond acceptors (Lipinski definition) is 1. The van der Waals surface area contributed by atoms with Crippen LogP contribution in [0.3, 0.4) is 0 Å². The number of benzene rings is 1. The number of rotatable bonds is 4. The van der Waals surface area contributed by atoms with Crippen LogP contribution in [-0.2, 0) is 6.54 Å². The van der Waals surface area contributed by atoms with Crippen LogP contribution in [0.25, 0.3) is 0 Å². The molecule has 0 radical (unpaired) electrons. The number of halogens is 2. The molecule has 1 nitrogen and oxygen atoms in total. The van der Waals surface area contributed by atoms with Gasteiger partial charge in [-0.15, -0.1) is 0 Å². The average molecular weight is 342 g/mol. The molecular formula is C17H25BrFN. The molecule has 0 bridgehead atoms. The van der Waals surface area contributed by atoms with E-state index in [4.69, 9.17) is 0 Å². The third kappa shape index (κ3) is 4.56. The predicted octanol–water partition coefficient (Wildman–Crippen LogP) is 5.28. The Hall–Kier alpha value is -0.410. The summed E-state index contributed by atoms with van der Waals surface area (Å²) in [6.45, 7) is 5.42. The zero-order valence-corrected chi connectivity index (χ0v) is 14.0. The Morgan fingerprint density at radius 3 is 2.80 bits per heavy atom. The van der Waals surface area contributed by atoms with Gasteiger partial charge in [-0.1, -0.05) is 42.6 Å². The Morgan fingerprint density at radius 2 is 2.05 bits per heavy atom. The molecule has 1 aliphatic rings. The van der Waals surface area contributed by atoms with Gasteiger partial charge in [0, 0.05) is 17.1 Å². The molecule has 3 heteroatoms. The van der Waals surface area contributed by atoms with Crippen LogP contribution in [0.4, 0.5) is 4.39 Å². The van der Waals surface area contributed by atoms with Crippen molar-refractivity contribution in [2.24, 2.45) is 11.8 Å². The summed E-state index contributed by atoms with van der Waals surface area (Å²) in [7, 11) is 0. The third-order valence-electron chi connectivity index (χ3n) is 4.55. The van der Waals surface area contributed by atoms with E-state index in [1.54, 1.807) is 12.1 Å². The van der Waals surface area contributed by atoms with Gasteiger partial charge in [-0.25, -0.2) is 4.39 Å². The predicted molar refractivity (Wildman–Crippen MR) is 86.1 cm³/mol. The van der Waals surface area contributed by atoms with Crippen LogP contribution in [0.1, 0.15) is 51.5 Å². The summed E-state index contributed by atoms with van der Waals surface area (Å²) >= 11 is 3.49. The maximum absolute atomic E-state index is 13.3. The fourth-order valence-corrected chi connectivity index (χ4v) is 3.52. The fraction of sp³-hybridized carbons (Fsp3) is 0.647. The van der Waals surface area contributed by atoms with Crippen LogP contribution in [0, 0.1) is 17.7 Å². The average Bonchev–Trinajstić information content (AvgIpc) is 2.65. The summed E-state index contributed by atoms with van der Waals surface area (Å²) in [5.41, 5.74) is 1.01. The van der Waals surface area contributed by atoms with E-state index in [9.17, 15) is 4.39 Å². The highest BCUT2D eigenvalue weighted by Gasteiger charge is 2.20. The molecule has 2 rings (SSSR count). The monoisotopic (exact) mass is 341 g/mol. The van der Waals surface area contributed by atoms with Crippen LogP contribution in [0.5, 0.6) is 0 Å². The minimum atomic E-state index is -0.161. The summed E-state index contributed by atoms with van der Waals surface area (Å²) in [6.07, 6.45) is 6.48. The van der Waals surface area contributed by atoms with Gasteiger partial charge in [-0.2, -0.15) is 0 Å². The van der Waals surface area contributed by atoms with Crippen LogP contribution in [0.2, 0.25) is 0 Å². The molecule has 112 valence electrons. The Balaban J connectivity index is 1.86. The van der Waals surface area contributed by atoms with Crippen molar-refractivity contribution in [2.75, 3.05) is 0 Å². The molecule has 0 spiro atoms. The summed E-state index contributed by atoms with van der Waals surface area (Å²) in [5, 5.41) is 3.61. The smallest absolute Gasteiger partial charge is 0.123 e. The maximum atomic E-state index is 13.3. The first-order chi connectivity index (χ1) is 9.56. The quantitative estimate of drug-likeness (QED) is 0.734. The normalized spacial score (nSPS) is 23.9. The molecule has 1 aromatic carbocycles. The number of nitrogens with one attached hydrogen (secondary N) is 1. The van der Waals surface area contributed by atoms with Crippen LogP contribution < -0.4 is 5.32 Å². The van der Waals surface area contributed by atoms with E-state index in [0.717, 1.165) is 28.4 Å². The van der Waals surface area contributed by atoms with E-state index in [1.807, 2.05) is 0 Å². The molecule has 2 unspecified atom stereocenters. The first-order valence-electron chi connectivity index (χ1n) is 7.73. The van der Waals surface area contributed by atoms with Crippen molar-refractivity contribution < 1.29 is 4.39 Å². The Kier molecular flexibility index (Phi) is 6.03. The highest BCUT2D eigenvalue weighted by molar-refractivity contribution is 9.10. The summed E-state index contributed by atoms with van der Waals surface area (Å²) in [5.74, 6) is 1.51. The second-order valence-electron chi connectivity index (χ2n) is 6.33. The molecule has 1 N–H and O–H groups in total. The first-order valence-corrected chi connectivity index (χ1v) is 8.53. The lowest BCUT2D eigenvalue weighted by Gasteiger charge is -2.19. The van der Waals surface area contributed by atoms with Gasteiger partial charge >= 0.3 is 0 Å². The Bertz CT molecular complexity index is 433. The molecular weight excluding hydrogens is 317 g/mol. The summed E-state index contributed by atoms with van der Waals surface area (Å²) < 4.78 is 14.3. The molecule has 0 aliphatic heterocycles. The second kappa shape index (κ2) is 7.56. The van der Waals surface area contributed by atoms with Crippen molar-refractivity contribution in [3.63, 3.8) is 0 Å². The van der Waals surface area contributed by atoms with Gasteiger partial charge in [0.15, 0.2) is 0 Å². The molecule has 2 atom stereocenters. The van der Waals surface area contributed by atoms with E-state index in [1.165, 1.54) is 38.2 Å². The highest BCUT2D eigenvalue weighted by Crippen LogP contribution is 2.29. The van der Waals surface area contributed by atoms with E-state index < -0.39 is 0 Å². The molecule has 0 aromatic heterocycles. The topological polar surface area (TPSA) is 12.0 Å². The van der Waals surface area contributed by atoms with E-state index in [-0.39, 0.29) is 5.82 Å². The minimum Gasteiger partial charge on any atom is -0.310 e. The molecule has 0 saturated heterocycles. The van der Waals surface area contributed by atoms with Gasteiger partial charge in [0.05, 0.1) is 0 Å². The van der Waals surface area contributed by atoms with Crippen molar-refractivity contribution in [3.05, 3.63) is 34.1 Å². The lowest BCUT2D eigenvalue weighted by Crippen LogP contribution is -2.28. The molecule has 1 aromatic rings. The largest absolute Gasteiger partial charge is 0.310 e. The summed E-state index contributed by atoms with van der Waals surface area (Å²) in [6, 6.07) is 5.47. The molecule has 0 heterocycles. The van der Waals surface area contributed by atoms with Crippen molar-refractivity contribution >= 4 is 15.9 Å². The zero-order chi connectivity index (χ0) is 14.5. The standard InChI is InChI=1S/C17H25BrFN/c1-12(2)13-4-3-5-16(8-6-13)20-11-14-10-15(19)7-9-17(14)18/h7,9-10,12-13,16,20H,3-6,8,11H2,1-2H3. The van der Waals surface area contributed by atoms with Gasteiger partial charge in [-0.05, 0) is 54.9 Å². The van der Waals surface area contributed by atoms with Crippen molar-refractivity contribution in [2.45, 2.75) is 58.5 Å². The van der Waals surface area contributed by atoms with Crippen molar-refractivity contribution in [1.29, 1.82) is 0 Å². The van der Waals surface area contributed by atoms with Crippen LogP contribution in [-0.4, -0.2) is 6.04 Å². The first kappa shape index (κ1) is 16.0. The molecule has 1 saturated carbocycles. The lowest BCUT2D eigenvalue weighted by atomic mass is 9.89. The van der Waals surface area contributed by atoms with E-state index in [0.29, 0.717) is 6.04 Å². The number of hydrogen-bond donors (Lipinski definition) is 1. The highest BCUT2D eigenvalue weighted by atomic mass is 79.9. The van der Waals surface area contributed by atoms with Crippen LogP contribution in [0.15, 0.2) is 22.7 Å². The Morgan fingerprint density at radius 1 is 1.25 bits per heavy atom. The van der Waals surface area contributed by atoms with Gasteiger partial charge in [0.2, 0.25) is 0 Å². The van der Waals surface area contributed by atoms with Gasteiger partial charge < -0.3 is 5.32 Å². The van der Waals surface area contributed by atoms with E-state index >= 15 is 0 Å². The van der Waals surface area contributed by atoms with Gasteiger partial charge in [0.1, 0.15) is 5.82 Å². The molecule has 1 aliphatic carbocycles. The molecule has 0 amide bonds. The molecule has 1 fully saturated rings. The minimum absolute atomic E-state index is 0.161. The maximum Gasteiger partial charge on any atom is 0.123 e. The van der Waals surface area contributed by atoms with Crippen molar-refractivity contribution in [1.82, 2.24) is 5.32 Å². The van der Waals surface area contributed by atoms with Gasteiger partial charge in [-0.3, -0.25) is 0 Å². The SMILES string of the molecule is CC(C)C1CCCC(NCc2cc(F)ccc2Br)CC1. The van der Waals surface area contributed by atoms with Crippen LogP contribution >= 0.6 is 15.9 Å². The summed E-state index contributed by atoms with van der Waals surface area (Å²) in [4.78, 5) is 0.